The van der Waals surface area contributed by atoms with Crippen LogP contribution in [0.2, 0.25) is 0 Å². The topological polar surface area (TPSA) is 0 Å². The molecular formula is C12H16Cl2Zr. The molecule has 0 nitrogen and oxygen atoms in total. The van der Waals surface area contributed by atoms with Crippen LogP contribution >= 0.6 is 24.8 Å². The van der Waals surface area contributed by atoms with Crippen LogP contribution in [0.1, 0.15) is 19.8 Å². The van der Waals surface area contributed by atoms with E-state index in [1.807, 2.05) is 0 Å². The fourth-order valence-electron chi connectivity index (χ4n) is 1.75. The first-order valence-electron chi connectivity index (χ1n) is 4.70. The predicted octanol–water partition coefficient (Wildman–Crippen LogP) is 3.96. The predicted molar refractivity (Wildman–Crippen MR) is 69.9 cm³/mol. The van der Waals surface area contributed by atoms with Crippen molar-refractivity contribution in [3.8, 4) is 0 Å². The molecule has 3 heteroatoms. The molecule has 0 saturated carbocycles. The van der Waals surface area contributed by atoms with Crippen LogP contribution in [0.3, 0.4) is 0 Å². The van der Waals surface area contributed by atoms with Gasteiger partial charge in [-0.3, -0.25) is 0 Å². The number of allylic oxidation sites excluding steroid dienone is 8. The van der Waals surface area contributed by atoms with Crippen molar-refractivity contribution in [3.05, 3.63) is 42.5 Å². The Labute approximate surface area is 112 Å². The summed E-state index contributed by atoms with van der Waals surface area (Å²) in [5.74, 6) is 0. The van der Waals surface area contributed by atoms with E-state index in [1.54, 1.807) is 6.56 Å². The van der Waals surface area contributed by atoms with Crippen LogP contribution in [0, 0.1) is 0 Å². The molecule has 0 spiro atoms. The molecular weight excluding hydrogens is 306 g/mol. The van der Waals surface area contributed by atoms with Gasteiger partial charge in [-0.1, -0.05) is 0 Å². The van der Waals surface area contributed by atoms with Gasteiger partial charge in [0.05, 0.1) is 0 Å². The molecule has 2 rings (SSSR count). The molecule has 0 unspecified atom stereocenters. The van der Waals surface area contributed by atoms with Crippen LogP contribution in [0.15, 0.2) is 42.5 Å². The van der Waals surface area contributed by atoms with Crippen molar-refractivity contribution >= 4 is 29.0 Å². The molecule has 0 aromatic rings. The fourth-order valence-corrected chi connectivity index (χ4v) is 6.24. The van der Waals surface area contributed by atoms with Crippen molar-refractivity contribution in [1.29, 1.82) is 0 Å². The van der Waals surface area contributed by atoms with Crippen molar-refractivity contribution in [1.82, 2.24) is 0 Å². The van der Waals surface area contributed by atoms with Gasteiger partial charge in [-0.15, -0.1) is 24.8 Å². The van der Waals surface area contributed by atoms with Crippen molar-refractivity contribution < 1.29 is 21.3 Å². The molecule has 15 heavy (non-hydrogen) atoms. The van der Waals surface area contributed by atoms with E-state index in [2.05, 4.69) is 41.5 Å². The van der Waals surface area contributed by atoms with E-state index < -0.39 is 21.3 Å². The third-order valence-corrected chi connectivity index (χ3v) is 8.17. The van der Waals surface area contributed by atoms with E-state index in [9.17, 15) is 0 Å². The monoisotopic (exact) mass is 320 g/mol. The van der Waals surface area contributed by atoms with Crippen molar-refractivity contribution in [2.75, 3.05) is 0 Å². The van der Waals surface area contributed by atoms with Gasteiger partial charge in [0.25, 0.3) is 0 Å². The quantitative estimate of drug-likeness (QED) is 0.722. The SMILES string of the molecule is Cl.Cl.[CH2]=[Zr]([C]1=CC=CC1)[C]1=CC(C)=CC1. The summed E-state index contributed by atoms with van der Waals surface area (Å²) >= 11 is -1.56. The van der Waals surface area contributed by atoms with Gasteiger partial charge >= 0.3 is 87.8 Å². The molecule has 0 saturated heterocycles. The number of rotatable bonds is 2. The van der Waals surface area contributed by atoms with E-state index in [-0.39, 0.29) is 24.8 Å². The third kappa shape index (κ3) is 3.66. The number of hydrogen-bond acceptors (Lipinski definition) is 0. The maximum absolute atomic E-state index is 4.42. The molecule has 0 aromatic heterocycles. The van der Waals surface area contributed by atoms with Gasteiger partial charge in [0, 0.05) is 0 Å². The van der Waals surface area contributed by atoms with Gasteiger partial charge in [0.1, 0.15) is 0 Å². The van der Waals surface area contributed by atoms with Crippen LogP contribution in [0.5, 0.6) is 0 Å². The normalized spacial score (nSPS) is 17.3. The van der Waals surface area contributed by atoms with Crippen LogP contribution in [0.4, 0.5) is 0 Å². The van der Waals surface area contributed by atoms with E-state index in [4.69, 9.17) is 0 Å². The second-order valence-electron chi connectivity index (χ2n) is 3.62. The molecule has 0 heterocycles. The standard InChI is InChI=1S/C6H7.C5H5.CH2.2ClH.Zr/c1-6-4-2-3-5-6;1-2-4-5-3-1;;;;/h4-5H,2H2,1H3;1-3H,4H2;1H2;2*1H;. The Balaban J connectivity index is 0.000000980. The molecule has 2 aliphatic rings. The summed E-state index contributed by atoms with van der Waals surface area (Å²) in [5, 5.41) is 0. The van der Waals surface area contributed by atoms with Crippen LogP contribution in [-0.4, -0.2) is 4.21 Å². The third-order valence-electron chi connectivity index (χ3n) is 2.59. The van der Waals surface area contributed by atoms with Crippen LogP contribution in [0.25, 0.3) is 0 Å². The molecule has 0 aliphatic heterocycles. The van der Waals surface area contributed by atoms with Gasteiger partial charge in [-0.05, 0) is 0 Å². The second kappa shape index (κ2) is 6.79. The Morgan fingerprint density at radius 2 is 1.93 bits per heavy atom. The Bertz CT molecular complexity index is 373. The zero-order chi connectivity index (χ0) is 9.26. The zero-order valence-electron chi connectivity index (χ0n) is 8.82. The molecule has 82 valence electrons. The molecule has 0 N–H and O–H groups in total. The molecule has 0 bridgehead atoms. The summed E-state index contributed by atoms with van der Waals surface area (Å²) in [7, 11) is 0. The number of hydrogen-bond donors (Lipinski definition) is 0. The van der Waals surface area contributed by atoms with Gasteiger partial charge in [0.15, 0.2) is 0 Å². The fraction of sp³-hybridized carbons (Fsp3) is 0.250. The molecule has 0 radical (unpaired) electrons. The van der Waals surface area contributed by atoms with Crippen LogP contribution in [-0.2, 0) is 21.3 Å². The second-order valence-corrected chi connectivity index (χ2v) is 9.13. The first kappa shape index (κ1) is 15.3. The van der Waals surface area contributed by atoms with Crippen molar-refractivity contribution in [2.45, 2.75) is 19.8 Å². The van der Waals surface area contributed by atoms with E-state index >= 15 is 0 Å². The summed E-state index contributed by atoms with van der Waals surface area (Å²) < 4.78 is 7.73. The average Bonchev–Trinajstić information content (AvgIpc) is 2.72. The van der Waals surface area contributed by atoms with Crippen molar-refractivity contribution in [2.24, 2.45) is 0 Å². The maximum atomic E-state index is 4.42. The summed E-state index contributed by atoms with van der Waals surface area (Å²) in [5.41, 5.74) is 1.43. The van der Waals surface area contributed by atoms with Crippen LogP contribution < -0.4 is 0 Å². The Morgan fingerprint density at radius 1 is 1.20 bits per heavy atom. The summed E-state index contributed by atoms with van der Waals surface area (Å²) in [6.45, 7) is 2.19. The zero-order valence-corrected chi connectivity index (χ0v) is 12.9. The molecule has 0 atom stereocenters. The molecule has 0 aromatic carbocycles. The molecule has 0 amide bonds. The average molecular weight is 322 g/mol. The van der Waals surface area contributed by atoms with Gasteiger partial charge in [-0.25, -0.2) is 0 Å². The van der Waals surface area contributed by atoms with Gasteiger partial charge in [0.2, 0.25) is 0 Å². The first-order valence-corrected chi connectivity index (χ1v) is 8.89. The Morgan fingerprint density at radius 3 is 2.40 bits per heavy atom. The first-order chi connectivity index (χ1) is 6.27. The van der Waals surface area contributed by atoms with Crippen molar-refractivity contribution in [3.63, 3.8) is 0 Å². The van der Waals surface area contributed by atoms with E-state index in [0.717, 1.165) is 0 Å². The number of halogens is 2. The summed E-state index contributed by atoms with van der Waals surface area (Å²) in [6, 6.07) is 0. The molecule has 0 fully saturated rings. The van der Waals surface area contributed by atoms with Gasteiger partial charge < -0.3 is 0 Å². The minimum atomic E-state index is -1.56. The Hall–Kier alpha value is 0.293. The van der Waals surface area contributed by atoms with E-state index in [0.29, 0.717) is 0 Å². The Kier molecular flexibility index (Phi) is 6.92. The minimum absolute atomic E-state index is 0. The van der Waals surface area contributed by atoms with Gasteiger partial charge in [-0.2, -0.15) is 0 Å². The van der Waals surface area contributed by atoms with E-state index in [1.165, 1.54) is 18.4 Å². The molecule has 2 aliphatic carbocycles. The summed E-state index contributed by atoms with van der Waals surface area (Å²) in [4.78, 5) is 0. The summed E-state index contributed by atoms with van der Waals surface area (Å²) in [6.07, 6.45) is 13.8.